The van der Waals surface area contributed by atoms with Gasteiger partial charge in [0.15, 0.2) is 0 Å². The van der Waals surface area contributed by atoms with Gasteiger partial charge in [-0.3, -0.25) is 0 Å². The summed E-state index contributed by atoms with van der Waals surface area (Å²) < 4.78 is 0. The lowest BCUT2D eigenvalue weighted by atomic mass is 9.91. The normalized spacial score (nSPS) is 10.3. The molecule has 0 saturated heterocycles. The van der Waals surface area contributed by atoms with Crippen molar-refractivity contribution in [3.8, 4) is 0 Å². The fourth-order valence-corrected chi connectivity index (χ4v) is 1.54. The third kappa shape index (κ3) is 1.95. The van der Waals surface area contributed by atoms with Crippen molar-refractivity contribution >= 4 is 11.6 Å². The lowest BCUT2D eigenvalue weighted by molar-refractivity contribution is 0.857. The van der Waals surface area contributed by atoms with Gasteiger partial charge in [0.1, 0.15) is 0 Å². The van der Waals surface area contributed by atoms with Crippen molar-refractivity contribution in [1.82, 2.24) is 0 Å². The largest absolute Gasteiger partial charge is 0.0984 e. The predicted octanol–water partition coefficient (Wildman–Crippen LogP) is 4.31. The molecule has 0 aromatic heterocycles. The molecule has 0 fully saturated rings. The number of benzene rings is 1. The van der Waals surface area contributed by atoms with Crippen molar-refractivity contribution in [3.05, 3.63) is 48.0 Å². The molecule has 0 aliphatic carbocycles. The SMILES string of the molecule is C=Cc1c(C)cccc1C(=C)C(C)C. The Hall–Kier alpha value is -1.30. The van der Waals surface area contributed by atoms with Crippen molar-refractivity contribution in [2.24, 2.45) is 5.92 Å². The monoisotopic (exact) mass is 186 g/mol. The van der Waals surface area contributed by atoms with Crippen LogP contribution in [-0.2, 0) is 0 Å². The summed E-state index contributed by atoms with van der Waals surface area (Å²) in [6.07, 6.45) is 1.91. The number of aryl methyl sites for hydroxylation is 1. The van der Waals surface area contributed by atoms with Gasteiger partial charge < -0.3 is 0 Å². The van der Waals surface area contributed by atoms with Gasteiger partial charge in [0.25, 0.3) is 0 Å². The van der Waals surface area contributed by atoms with Crippen LogP contribution in [0, 0.1) is 12.8 Å². The van der Waals surface area contributed by atoms with Crippen molar-refractivity contribution in [2.75, 3.05) is 0 Å². The molecule has 0 amide bonds. The molecule has 0 spiro atoms. The third-order valence-electron chi connectivity index (χ3n) is 2.57. The molecule has 0 unspecified atom stereocenters. The molecule has 1 aromatic rings. The molecule has 0 aliphatic rings. The maximum atomic E-state index is 4.13. The standard InChI is InChI=1S/C14H18/c1-6-13-11(4)8-7-9-14(13)12(5)10(2)3/h6-10H,1,5H2,2-4H3. The van der Waals surface area contributed by atoms with Crippen LogP contribution in [-0.4, -0.2) is 0 Å². The van der Waals surface area contributed by atoms with Gasteiger partial charge in [-0.15, -0.1) is 0 Å². The smallest absolute Gasteiger partial charge is 0.0153 e. The molecular weight excluding hydrogens is 168 g/mol. The van der Waals surface area contributed by atoms with Crippen LogP contribution in [0.4, 0.5) is 0 Å². The van der Waals surface area contributed by atoms with Crippen molar-refractivity contribution in [1.29, 1.82) is 0 Å². The Labute approximate surface area is 87.0 Å². The molecule has 74 valence electrons. The first kappa shape index (κ1) is 10.8. The molecule has 0 N–H and O–H groups in total. The first-order valence-corrected chi connectivity index (χ1v) is 4.99. The molecule has 0 heteroatoms. The molecule has 14 heavy (non-hydrogen) atoms. The van der Waals surface area contributed by atoms with Gasteiger partial charge >= 0.3 is 0 Å². The summed E-state index contributed by atoms with van der Waals surface area (Å²) in [6, 6.07) is 6.30. The van der Waals surface area contributed by atoms with E-state index < -0.39 is 0 Å². The lowest BCUT2D eigenvalue weighted by Crippen LogP contribution is -1.96. The summed E-state index contributed by atoms with van der Waals surface area (Å²) in [5.41, 5.74) is 4.89. The van der Waals surface area contributed by atoms with Crippen molar-refractivity contribution in [2.45, 2.75) is 20.8 Å². The summed E-state index contributed by atoms with van der Waals surface area (Å²) in [4.78, 5) is 0. The highest BCUT2D eigenvalue weighted by Crippen LogP contribution is 2.26. The zero-order valence-corrected chi connectivity index (χ0v) is 9.30. The van der Waals surface area contributed by atoms with E-state index in [1.165, 1.54) is 22.3 Å². The van der Waals surface area contributed by atoms with Crippen LogP contribution in [0.15, 0.2) is 31.4 Å². The molecule has 1 aromatic carbocycles. The summed E-state index contributed by atoms with van der Waals surface area (Å²) >= 11 is 0. The van der Waals surface area contributed by atoms with Crippen LogP contribution in [0.3, 0.4) is 0 Å². The van der Waals surface area contributed by atoms with Gasteiger partial charge in [-0.25, -0.2) is 0 Å². The Kier molecular flexibility index (Phi) is 3.29. The molecule has 0 heterocycles. The van der Waals surface area contributed by atoms with E-state index in [-0.39, 0.29) is 0 Å². The maximum Gasteiger partial charge on any atom is -0.0153 e. The Morgan fingerprint density at radius 1 is 1.36 bits per heavy atom. The van der Waals surface area contributed by atoms with E-state index in [1.807, 2.05) is 6.08 Å². The molecular formula is C14H18. The topological polar surface area (TPSA) is 0 Å². The van der Waals surface area contributed by atoms with Crippen LogP contribution in [0.1, 0.15) is 30.5 Å². The number of allylic oxidation sites excluding steroid dienone is 1. The third-order valence-corrected chi connectivity index (χ3v) is 2.57. The zero-order valence-electron chi connectivity index (χ0n) is 9.30. The van der Waals surface area contributed by atoms with Gasteiger partial charge in [-0.2, -0.15) is 0 Å². The van der Waals surface area contributed by atoms with E-state index in [0.29, 0.717) is 5.92 Å². The van der Waals surface area contributed by atoms with Crippen molar-refractivity contribution < 1.29 is 0 Å². The van der Waals surface area contributed by atoms with Crippen molar-refractivity contribution in [3.63, 3.8) is 0 Å². The molecule has 1 rings (SSSR count). The Morgan fingerprint density at radius 3 is 2.50 bits per heavy atom. The fraction of sp³-hybridized carbons (Fsp3) is 0.286. The van der Waals surface area contributed by atoms with Crippen LogP contribution >= 0.6 is 0 Å². The second-order valence-electron chi connectivity index (χ2n) is 3.92. The minimum absolute atomic E-state index is 0.482. The zero-order chi connectivity index (χ0) is 10.7. The Morgan fingerprint density at radius 2 is 2.00 bits per heavy atom. The molecule has 0 aliphatic heterocycles. The number of hydrogen-bond donors (Lipinski definition) is 0. The summed E-state index contributed by atoms with van der Waals surface area (Å²) in [5, 5.41) is 0. The van der Waals surface area contributed by atoms with Gasteiger partial charge in [0.2, 0.25) is 0 Å². The average molecular weight is 186 g/mol. The molecule has 0 nitrogen and oxygen atoms in total. The minimum Gasteiger partial charge on any atom is -0.0984 e. The predicted molar refractivity (Wildman–Crippen MR) is 65.1 cm³/mol. The Bertz CT molecular complexity index is 356. The lowest BCUT2D eigenvalue weighted by Gasteiger charge is -2.14. The highest BCUT2D eigenvalue weighted by molar-refractivity contribution is 5.74. The highest BCUT2D eigenvalue weighted by atomic mass is 14.1. The number of rotatable bonds is 3. The van der Waals surface area contributed by atoms with Crippen LogP contribution in [0.5, 0.6) is 0 Å². The average Bonchev–Trinajstić information content (AvgIpc) is 2.16. The van der Waals surface area contributed by atoms with Crippen LogP contribution in [0.25, 0.3) is 11.6 Å². The van der Waals surface area contributed by atoms with Gasteiger partial charge in [0, 0.05) is 0 Å². The van der Waals surface area contributed by atoms with E-state index in [2.05, 4.69) is 52.1 Å². The van der Waals surface area contributed by atoms with E-state index in [1.54, 1.807) is 0 Å². The van der Waals surface area contributed by atoms with Crippen LogP contribution < -0.4 is 0 Å². The second kappa shape index (κ2) is 4.28. The highest BCUT2D eigenvalue weighted by Gasteiger charge is 2.08. The number of hydrogen-bond acceptors (Lipinski definition) is 0. The fourth-order valence-electron chi connectivity index (χ4n) is 1.54. The first-order chi connectivity index (χ1) is 6.57. The minimum atomic E-state index is 0.482. The first-order valence-electron chi connectivity index (χ1n) is 4.99. The molecule has 0 saturated carbocycles. The van der Waals surface area contributed by atoms with E-state index >= 15 is 0 Å². The van der Waals surface area contributed by atoms with Gasteiger partial charge in [-0.1, -0.05) is 51.3 Å². The molecule has 0 radical (unpaired) electrons. The van der Waals surface area contributed by atoms with E-state index in [4.69, 9.17) is 0 Å². The van der Waals surface area contributed by atoms with E-state index in [0.717, 1.165) is 0 Å². The van der Waals surface area contributed by atoms with Gasteiger partial charge in [0.05, 0.1) is 0 Å². The quantitative estimate of drug-likeness (QED) is 0.660. The Balaban J connectivity index is 3.27. The summed E-state index contributed by atoms with van der Waals surface area (Å²) in [6.45, 7) is 14.4. The van der Waals surface area contributed by atoms with Crippen LogP contribution in [0.2, 0.25) is 0 Å². The van der Waals surface area contributed by atoms with Gasteiger partial charge in [-0.05, 0) is 35.1 Å². The molecule has 0 atom stereocenters. The van der Waals surface area contributed by atoms with E-state index in [9.17, 15) is 0 Å². The second-order valence-corrected chi connectivity index (χ2v) is 3.92. The summed E-state index contributed by atoms with van der Waals surface area (Å²) in [5.74, 6) is 0.482. The summed E-state index contributed by atoms with van der Waals surface area (Å²) in [7, 11) is 0. The molecule has 0 bridgehead atoms. The maximum absolute atomic E-state index is 4.13.